The Morgan fingerprint density at radius 3 is 2.78 bits per heavy atom. The highest BCUT2D eigenvalue weighted by molar-refractivity contribution is 7.21. The van der Waals surface area contributed by atoms with E-state index in [0.29, 0.717) is 5.56 Å². The summed E-state index contributed by atoms with van der Waals surface area (Å²) in [7, 11) is 0. The molecule has 1 saturated heterocycles. The lowest BCUT2D eigenvalue weighted by atomic mass is 10.1. The van der Waals surface area contributed by atoms with Crippen LogP contribution in [0.1, 0.15) is 22.3 Å². The zero-order chi connectivity index (χ0) is 16.0. The zero-order valence-electron chi connectivity index (χ0n) is 12.1. The molecule has 0 unspecified atom stereocenters. The van der Waals surface area contributed by atoms with E-state index in [1.807, 2.05) is 12.1 Å². The SMILES string of the molecule is N#Cc1cc(N2CCC2)cc2cc(-n3cc(C(=O)O)cn3)sc12. The molecule has 0 aliphatic carbocycles. The van der Waals surface area contributed by atoms with Gasteiger partial charge in [-0.25, -0.2) is 9.48 Å². The maximum absolute atomic E-state index is 11.0. The average molecular weight is 324 g/mol. The Balaban J connectivity index is 1.82. The molecule has 4 rings (SSSR count). The molecule has 23 heavy (non-hydrogen) atoms. The van der Waals surface area contributed by atoms with Gasteiger partial charge < -0.3 is 10.0 Å². The number of thiophene rings is 1. The number of carboxylic acid groups (broad SMARTS) is 1. The standard InChI is InChI=1S/C16H12N4O2S/c17-7-11-5-13(19-2-1-3-19)4-10-6-14(23-15(10)11)20-9-12(8-18-20)16(21)22/h4-6,8-9H,1-3H2,(H,21,22). The number of nitrogens with zero attached hydrogens (tertiary/aromatic N) is 4. The number of hydrogen-bond donors (Lipinski definition) is 1. The van der Waals surface area contributed by atoms with Crippen molar-refractivity contribution in [2.45, 2.75) is 6.42 Å². The Labute approximate surface area is 135 Å². The number of aromatic nitrogens is 2. The van der Waals surface area contributed by atoms with Crippen LogP contribution < -0.4 is 4.90 Å². The molecule has 3 aromatic rings. The molecule has 1 aliphatic heterocycles. The summed E-state index contributed by atoms with van der Waals surface area (Å²) in [4.78, 5) is 13.2. The van der Waals surface area contributed by atoms with Crippen molar-refractivity contribution in [2.24, 2.45) is 0 Å². The van der Waals surface area contributed by atoms with Crippen molar-refractivity contribution in [2.75, 3.05) is 18.0 Å². The second-order valence-corrected chi connectivity index (χ2v) is 6.46. The van der Waals surface area contributed by atoms with Crippen LogP contribution in [0.25, 0.3) is 15.1 Å². The fraction of sp³-hybridized carbons (Fsp3) is 0.188. The van der Waals surface area contributed by atoms with Crippen LogP contribution in [-0.2, 0) is 0 Å². The maximum Gasteiger partial charge on any atom is 0.338 e. The Kier molecular flexibility index (Phi) is 3.06. The van der Waals surface area contributed by atoms with Crippen LogP contribution in [0.15, 0.2) is 30.6 Å². The first kappa shape index (κ1) is 13.8. The summed E-state index contributed by atoms with van der Waals surface area (Å²) in [6, 6.07) is 8.21. The first-order valence-corrected chi connectivity index (χ1v) is 7.98. The van der Waals surface area contributed by atoms with Crippen LogP contribution in [0.2, 0.25) is 0 Å². The van der Waals surface area contributed by atoms with Crippen LogP contribution in [0.4, 0.5) is 5.69 Å². The molecule has 3 heterocycles. The monoisotopic (exact) mass is 324 g/mol. The summed E-state index contributed by atoms with van der Waals surface area (Å²) in [5, 5.41) is 24.3. The minimum absolute atomic E-state index is 0.143. The normalized spacial score (nSPS) is 13.8. The smallest absolute Gasteiger partial charge is 0.338 e. The first-order valence-electron chi connectivity index (χ1n) is 7.17. The van der Waals surface area contributed by atoms with Crippen molar-refractivity contribution in [1.82, 2.24) is 9.78 Å². The second kappa shape index (κ2) is 5.11. The summed E-state index contributed by atoms with van der Waals surface area (Å²) in [5.74, 6) is -1.00. The molecule has 7 heteroatoms. The van der Waals surface area contributed by atoms with E-state index < -0.39 is 5.97 Å². The van der Waals surface area contributed by atoms with Crippen LogP contribution in [0.3, 0.4) is 0 Å². The van der Waals surface area contributed by atoms with Gasteiger partial charge in [-0.1, -0.05) is 0 Å². The molecule has 0 saturated carbocycles. The number of carbonyl (C=O) groups is 1. The summed E-state index contributed by atoms with van der Waals surface area (Å²) in [6.45, 7) is 2.04. The molecule has 1 aliphatic rings. The van der Waals surface area contributed by atoms with Crippen molar-refractivity contribution in [3.63, 3.8) is 0 Å². The van der Waals surface area contributed by atoms with Gasteiger partial charge in [0, 0.05) is 25.0 Å². The van der Waals surface area contributed by atoms with E-state index in [4.69, 9.17) is 5.11 Å². The van der Waals surface area contributed by atoms with Crippen LogP contribution in [0, 0.1) is 11.3 Å². The van der Waals surface area contributed by atoms with E-state index in [-0.39, 0.29) is 5.56 Å². The molecule has 2 aromatic heterocycles. The number of nitriles is 1. The Morgan fingerprint density at radius 1 is 1.35 bits per heavy atom. The quantitative estimate of drug-likeness (QED) is 0.801. The summed E-state index contributed by atoms with van der Waals surface area (Å²) in [6.07, 6.45) is 3.99. The minimum Gasteiger partial charge on any atom is -0.478 e. The zero-order valence-corrected chi connectivity index (χ0v) is 12.9. The molecular formula is C16H12N4O2S. The molecule has 6 nitrogen and oxygen atoms in total. The van der Waals surface area contributed by atoms with Crippen LogP contribution >= 0.6 is 11.3 Å². The molecular weight excluding hydrogens is 312 g/mol. The van der Waals surface area contributed by atoms with E-state index in [9.17, 15) is 10.1 Å². The second-order valence-electron chi connectivity index (χ2n) is 5.43. The number of rotatable bonds is 3. The summed E-state index contributed by atoms with van der Waals surface area (Å²) < 4.78 is 2.44. The van der Waals surface area contributed by atoms with Gasteiger partial charge in [0.25, 0.3) is 0 Å². The third kappa shape index (κ3) is 2.24. The Hall–Kier alpha value is -2.85. The first-order chi connectivity index (χ1) is 11.2. The number of hydrogen-bond acceptors (Lipinski definition) is 5. The lowest BCUT2D eigenvalue weighted by Gasteiger charge is -2.33. The van der Waals surface area contributed by atoms with Gasteiger partial charge in [0.2, 0.25) is 0 Å². The molecule has 114 valence electrons. The number of benzene rings is 1. The molecule has 0 atom stereocenters. The predicted molar refractivity (Wildman–Crippen MR) is 87.5 cm³/mol. The highest BCUT2D eigenvalue weighted by atomic mass is 32.1. The molecule has 0 radical (unpaired) electrons. The van der Waals surface area contributed by atoms with Gasteiger partial charge in [-0.2, -0.15) is 10.4 Å². The van der Waals surface area contributed by atoms with Gasteiger partial charge >= 0.3 is 5.97 Å². The van der Waals surface area contributed by atoms with E-state index >= 15 is 0 Å². The number of aromatic carboxylic acids is 1. The van der Waals surface area contributed by atoms with E-state index in [0.717, 1.165) is 33.9 Å². The number of fused-ring (bicyclic) bond motifs is 1. The van der Waals surface area contributed by atoms with Crippen molar-refractivity contribution in [3.8, 4) is 11.1 Å². The van der Waals surface area contributed by atoms with Gasteiger partial charge in [0.05, 0.1) is 22.0 Å². The van der Waals surface area contributed by atoms with E-state index in [1.54, 1.807) is 4.68 Å². The fourth-order valence-electron chi connectivity index (χ4n) is 2.63. The average Bonchev–Trinajstić information content (AvgIpc) is 3.10. The van der Waals surface area contributed by atoms with Crippen molar-refractivity contribution < 1.29 is 9.90 Å². The maximum atomic E-state index is 11.0. The van der Waals surface area contributed by atoms with Gasteiger partial charge in [0.1, 0.15) is 11.1 Å². The Morgan fingerprint density at radius 2 is 2.17 bits per heavy atom. The van der Waals surface area contributed by atoms with E-state index in [1.165, 1.54) is 30.2 Å². The van der Waals surface area contributed by atoms with Crippen LogP contribution in [0.5, 0.6) is 0 Å². The van der Waals surface area contributed by atoms with Gasteiger partial charge in [-0.3, -0.25) is 0 Å². The lowest BCUT2D eigenvalue weighted by molar-refractivity contribution is 0.0697. The van der Waals surface area contributed by atoms with Crippen molar-refractivity contribution in [1.29, 1.82) is 5.26 Å². The third-order valence-corrected chi connectivity index (χ3v) is 5.16. The topological polar surface area (TPSA) is 82.2 Å². The highest BCUT2D eigenvalue weighted by Crippen LogP contribution is 2.35. The predicted octanol–water partition coefficient (Wildman–Crippen LogP) is 2.87. The third-order valence-electron chi connectivity index (χ3n) is 3.99. The van der Waals surface area contributed by atoms with Gasteiger partial charge in [-0.05, 0) is 30.0 Å². The van der Waals surface area contributed by atoms with Crippen molar-refractivity contribution in [3.05, 3.63) is 41.7 Å². The molecule has 1 fully saturated rings. The Bertz CT molecular complexity index is 962. The molecule has 0 spiro atoms. The van der Waals surface area contributed by atoms with Gasteiger partial charge in [0.15, 0.2) is 0 Å². The largest absolute Gasteiger partial charge is 0.478 e. The van der Waals surface area contributed by atoms with Crippen molar-refractivity contribution >= 4 is 33.1 Å². The van der Waals surface area contributed by atoms with Gasteiger partial charge in [-0.15, -0.1) is 11.3 Å². The summed E-state index contributed by atoms with van der Waals surface area (Å²) >= 11 is 1.44. The molecule has 1 N–H and O–H groups in total. The van der Waals surface area contributed by atoms with Crippen LogP contribution in [-0.4, -0.2) is 33.9 Å². The molecule has 0 bridgehead atoms. The molecule has 1 aromatic carbocycles. The lowest BCUT2D eigenvalue weighted by Crippen LogP contribution is -2.36. The van der Waals surface area contributed by atoms with E-state index in [2.05, 4.69) is 22.1 Å². The summed E-state index contributed by atoms with van der Waals surface area (Å²) in [5.41, 5.74) is 1.85. The number of carboxylic acids is 1. The molecule has 0 amide bonds. The minimum atomic E-state index is -1.00. The fourth-order valence-corrected chi connectivity index (χ4v) is 3.67. The number of anilines is 1. The highest BCUT2D eigenvalue weighted by Gasteiger charge is 2.18.